The van der Waals surface area contributed by atoms with Gasteiger partial charge in [-0.2, -0.15) is 0 Å². The van der Waals surface area contributed by atoms with Gasteiger partial charge in [-0.25, -0.2) is 0 Å². The van der Waals surface area contributed by atoms with Gasteiger partial charge in [0.2, 0.25) is 0 Å². The minimum Gasteiger partial charge on any atom is -0.299 e. The van der Waals surface area contributed by atoms with Gasteiger partial charge in [0.15, 0.2) is 0 Å². The Balaban J connectivity index is 2.37. The van der Waals surface area contributed by atoms with Gasteiger partial charge >= 0.3 is 0 Å². The van der Waals surface area contributed by atoms with E-state index < -0.39 is 0 Å². The third-order valence-electron chi connectivity index (χ3n) is 2.42. The van der Waals surface area contributed by atoms with Gasteiger partial charge in [0.25, 0.3) is 0 Å². The largest absolute Gasteiger partial charge is 0.299 e. The monoisotopic (exact) mass is 248 g/mol. The van der Waals surface area contributed by atoms with Crippen LogP contribution in [0, 0.1) is 0 Å². The summed E-state index contributed by atoms with van der Waals surface area (Å²) in [6.07, 6.45) is 3.42. The van der Waals surface area contributed by atoms with Gasteiger partial charge in [-0.05, 0) is 30.9 Å². The van der Waals surface area contributed by atoms with E-state index in [1.54, 1.807) is 11.8 Å². The van der Waals surface area contributed by atoms with Crippen LogP contribution in [-0.4, -0.2) is 5.78 Å². The molecule has 1 aromatic rings. The summed E-state index contributed by atoms with van der Waals surface area (Å²) in [5.41, 5.74) is 1.15. The van der Waals surface area contributed by atoms with Crippen LogP contribution in [-0.2, 0) is 4.79 Å². The number of ketones is 1. The fourth-order valence-corrected chi connectivity index (χ4v) is 2.22. The van der Waals surface area contributed by atoms with Gasteiger partial charge in [-0.15, -0.1) is 0 Å². The third-order valence-corrected chi connectivity index (χ3v) is 3.49. The van der Waals surface area contributed by atoms with Crippen molar-refractivity contribution in [3.05, 3.63) is 41.3 Å². The zero-order valence-electron chi connectivity index (χ0n) is 10.6. The number of Topliss-reactive ketones (excluding diaryl/α,β-unsaturated/α-hetero) is 1. The van der Waals surface area contributed by atoms with E-state index in [0.29, 0.717) is 12.2 Å². The van der Waals surface area contributed by atoms with Crippen LogP contribution in [0.15, 0.2) is 46.2 Å². The lowest BCUT2D eigenvalue weighted by atomic mass is 10.1. The molecule has 0 saturated heterocycles. The van der Waals surface area contributed by atoms with Crippen molar-refractivity contribution in [2.45, 2.75) is 44.4 Å². The molecule has 0 radical (unpaired) electrons. The van der Waals surface area contributed by atoms with E-state index in [1.807, 2.05) is 25.1 Å². The molecule has 17 heavy (non-hydrogen) atoms. The smallest absolute Gasteiger partial charge is 0.136 e. The topological polar surface area (TPSA) is 17.1 Å². The quantitative estimate of drug-likeness (QED) is 0.643. The lowest BCUT2D eigenvalue weighted by Crippen LogP contribution is -1.97. The summed E-state index contributed by atoms with van der Waals surface area (Å²) in [5, 5.41) is 2.08. The minimum absolute atomic E-state index is 0.356. The summed E-state index contributed by atoms with van der Waals surface area (Å²) in [5.74, 6) is 0.356. The molecule has 0 unspecified atom stereocenters. The highest BCUT2D eigenvalue weighted by Gasteiger charge is 2.02. The summed E-state index contributed by atoms with van der Waals surface area (Å²) < 4.78 is 0. The van der Waals surface area contributed by atoms with E-state index in [1.165, 1.54) is 4.90 Å². The summed E-state index contributed by atoms with van der Waals surface area (Å²) in [7, 11) is 0. The highest BCUT2D eigenvalue weighted by Crippen LogP contribution is 2.21. The minimum atomic E-state index is 0.356. The molecule has 0 aliphatic rings. The Labute approximate surface area is 108 Å². The molecule has 0 heterocycles. The van der Waals surface area contributed by atoms with Gasteiger partial charge < -0.3 is 0 Å². The van der Waals surface area contributed by atoms with Crippen molar-refractivity contribution in [2.24, 2.45) is 0 Å². The third kappa shape index (κ3) is 6.32. The zero-order chi connectivity index (χ0) is 12.5. The number of benzene rings is 1. The van der Waals surface area contributed by atoms with E-state index in [4.69, 9.17) is 0 Å². The maximum absolute atomic E-state index is 11.6. The lowest BCUT2D eigenvalue weighted by molar-refractivity contribution is -0.118. The Bertz CT molecular complexity index is 368. The van der Waals surface area contributed by atoms with Crippen LogP contribution in [0.4, 0.5) is 0 Å². The Morgan fingerprint density at radius 2 is 2.00 bits per heavy atom. The van der Waals surface area contributed by atoms with E-state index in [0.717, 1.165) is 24.8 Å². The number of hydrogen-bond donors (Lipinski definition) is 0. The molecule has 2 heteroatoms. The van der Waals surface area contributed by atoms with Crippen LogP contribution in [0.3, 0.4) is 0 Å². The van der Waals surface area contributed by atoms with Crippen LogP contribution in [0.2, 0.25) is 0 Å². The molecule has 1 aromatic carbocycles. The second-order valence-corrected chi connectivity index (χ2v) is 5.16. The van der Waals surface area contributed by atoms with Crippen LogP contribution in [0.1, 0.15) is 39.5 Å². The van der Waals surface area contributed by atoms with Gasteiger partial charge in [-0.3, -0.25) is 4.79 Å². The molecule has 1 rings (SSSR count). The Morgan fingerprint density at radius 3 is 2.65 bits per heavy atom. The number of carbonyl (C=O) groups excluding carboxylic acids is 1. The maximum Gasteiger partial charge on any atom is 0.136 e. The standard InChI is InChI=1S/C15H20OS/c1-3-4-8-14(16)11-13(2)12-17-15-9-6-5-7-10-15/h5-7,9-10,12H,3-4,8,11H2,1-2H3/b13-12+. The van der Waals surface area contributed by atoms with Crippen LogP contribution >= 0.6 is 11.8 Å². The zero-order valence-corrected chi connectivity index (χ0v) is 11.4. The first-order valence-corrected chi connectivity index (χ1v) is 6.99. The molecule has 0 saturated carbocycles. The van der Waals surface area contributed by atoms with Crippen LogP contribution in [0.25, 0.3) is 0 Å². The first kappa shape index (κ1) is 14.0. The number of unbranched alkanes of at least 4 members (excludes halogenated alkanes) is 1. The molecule has 0 aromatic heterocycles. The Morgan fingerprint density at radius 1 is 1.29 bits per heavy atom. The Hall–Kier alpha value is -1.02. The summed E-state index contributed by atoms with van der Waals surface area (Å²) in [4.78, 5) is 12.8. The molecule has 0 aliphatic heterocycles. The SMILES string of the molecule is CCCCC(=O)C/C(C)=C/Sc1ccccc1. The molecule has 0 amide bonds. The maximum atomic E-state index is 11.6. The normalized spacial score (nSPS) is 11.5. The highest BCUT2D eigenvalue weighted by atomic mass is 32.2. The van der Waals surface area contributed by atoms with E-state index in [9.17, 15) is 4.79 Å². The number of thioether (sulfide) groups is 1. The Kier molecular flexibility index (Phi) is 6.71. The molecule has 0 spiro atoms. The van der Waals surface area contributed by atoms with Crippen LogP contribution in [0.5, 0.6) is 0 Å². The highest BCUT2D eigenvalue weighted by molar-refractivity contribution is 8.02. The lowest BCUT2D eigenvalue weighted by Gasteiger charge is -2.01. The number of allylic oxidation sites excluding steroid dienone is 1. The van der Waals surface area contributed by atoms with E-state index in [2.05, 4.69) is 24.5 Å². The first-order valence-electron chi connectivity index (χ1n) is 6.11. The van der Waals surface area contributed by atoms with Crippen molar-refractivity contribution >= 4 is 17.5 Å². The second-order valence-electron chi connectivity index (χ2n) is 4.21. The van der Waals surface area contributed by atoms with E-state index in [-0.39, 0.29) is 0 Å². The fraction of sp³-hybridized carbons (Fsp3) is 0.400. The molecule has 0 fully saturated rings. The number of hydrogen-bond acceptors (Lipinski definition) is 2. The average molecular weight is 248 g/mol. The number of carbonyl (C=O) groups is 1. The molecule has 0 bridgehead atoms. The van der Waals surface area contributed by atoms with Gasteiger partial charge in [0, 0.05) is 17.7 Å². The average Bonchev–Trinajstić information content (AvgIpc) is 2.35. The summed E-state index contributed by atoms with van der Waals surface area (Å²) >= 11 is 1.68. The van der Waals surface area contributed by atoms with Crippen LogP contribution < -0.4 is 0 Å². The molecule has 0 N–H and O–H groups in total. The molecular formula is C15H20OS. The van der Waals surface area contributed by atoms with Crippen molar-refractivity contribution in [3.8, 4) is 0 Å². The molecule has 0 aliphatic carbocycles. The van der Waals surface area contributed by atoms with Gasteiger partial charge in [-0.1, -0.05) is 48.9 Å². The van der Waals surface area contributed by atoms with Crippen molar-refractivity contribution in [2.75, 3.05) is 0 Å². The second kappa shape index (κ2) is 8.13. The van der Waals surface area contributed by atoms with Crippen molar-refractivity contribution < 1.29 is 4.79 Å². The molecular weight excluding hydrogens is 228 g/mol. The van der Waals surface area contributed by atoms with E-state index >= 15 is 0 Å². The molecule has 92 valence electrons. The summed E-state index contributed by atoms with van der Waals surface area (Å²) in [6, 6.07) is 10.2. The predicted octanol–water partition coefficient (Wildman–Crippen LogP) is 4.83. The summed E-state index contributed by atoms with van der Waals surface area (Å²) in [6.45, 7) is 4.14. The van der Waals surface area contributed by atoms with Crippen molar-refractivity contribution in [1.82, 2.24) is 0 Å². The fourth-order valence-electron chi connectivity index (χ4n) is 1.48. The molecule has 1 nitrogen and oxygen atoms in total. The first-order chi connectivity index (χ1) is 8.22. The van der Waals surface area contributed by atoms with Crippen molar-refractivity contribution in [3.63, 3.8) is 0 Å². The van der Waals surface area contributed by atoms with Crippen molar-refractivity contribution in [1.29, 1.82) is 0 Å². The van der Waals surface area contributed by atoms with Gasteiger partial charge in [0.05, 0.1) is 0 Å². The predicted molar refractivity (Wildman–Crippen MR) is 75.2 cm³/mol. The van der Waals surface area contributed by atoms with Gasteiger partial charge in [0.1, 0.15) is 5.78 Å². The number of rotatable bonds is 7. The molecule has 0 atom stereocenters.